The molecule has 0 aromatic carbocycles. The lowest BCUT2D eigenvalue weighted by Crippen LogP contribution is -2.51. The van der Waals surface area contributed by atoms with Crippen molar-refractivity contribution in [3.8, 4) is 0 Å². The number of hydrogen-bond acceptors (Lipinski definition) is 5. The maximum Gasteiger partial charge on any atom is 0.310 e. The van der Waals surface area contributed by atoms with Gasteiger partial charge in [-0.3, -0.25) is 4.79 Å². The van der Waals surface area contributed by atoms with Gasteiger partial charge in [0.2, 0.25) is 0 Å². The Morgan fingerprint density at radius 1 is 1.37 bits per heavy atom. The number of rotatable bonds is 5. The van der Waals surface area contributed by atoms with E-state index in [9.17, 15) is 4.79 Å². The average Bonchev–Trinajstić information content (AvgIpc) is 2.86. The summed E-state index contributed by atoms with van der Waals surface area (Å²) in [4.78, 5) is 12.1. The molecule has 2 unspecified atom stereocenters. The van der Waals surface area contributed by atoms with E-state index in [0.29, 0.717) is 26.2 Å². The van der Waals surface area contributed by atoms with Crippen LogP contribution in [0.5, 0.6) is 0 Å². The summed E-state index contributed by atoms with van der Waals surface area (Å²) in [6, 6.07) is 0.178. The third-order valence-electron chi connectivity index (χ3n) is 3.91. The van der Waals surface area contributed by atoms with E-state index in [1.165, 1.54) is 0 Å². The number of esters is 1. The highest BCUT2D eigenvalue weighted by atomic mass is 16.7. The normalized spacial score (nSPS) is 29.6. The maximum atomic E-state index is 12.1. The molecule has 2 aliphatic rings. The average molecular weight is 271 g/mol. The molecule has 0 aromatic heterocycles. The zero-order chi connectivity index (χ0) is 13.7. The fraction of sp³-hybridized carbons (Fsp3) is 0.929. The van der Waals surface area contributed by atoms with E-state index in [-0.39, 0.29) is 17.9 Å². The Hall–Kier alpha value is -0.650. The molecule has 5 nitrogen and oxygen atoms in total. The largest absolute Gasteiger partial charge is 0.466 e. The second kappa shape index (κ2) is 6.68. The SMILES string of the molecule is CCCNC1CCC2(CC1C(=O)OCC)OCCO2. The van der Waals surface area contributed by atoms with Crippen LogP contribution < -0.4 is 5.32 Å². The summed E-state index contributed by atoms with van der Waals surface area (Å²) in [6.07, 6.45) is 3.41. The van der Waals surface area contributed by atoms with E-state index in [2.05, 4.69) is 12.2 Å². The van der Waals surface area contributed by atoms with Crippen molar-refractivity contribution in [3.05, 3.63) is 0 Å². The summed E-state index contributed by atoms with van der Waals surface area (Å²) < 4.78 is 16.7. The van der Waals surface area contributed by atoms with Gasteiger partial charge in [-0.25, -0.2) is 0 Å². The molecule has 0 amide bonds. The molecule has 1 aliphatic carbocycles. The summed E-state index contributed by atoms with van der Waals surface area (Å²) >= 11 is 0. The Kier molecular flexibility index (Phi) is 5.19. The van der Waals surface area contributed by atoms with E-state index < -0.39 is 5.79 Å². The fourth-order valence-electron chi connectivity index (χ4n) is 2.99. The zero-order valence-electron chi connectivity index (χ0n) is 11.9. The Balaban J connectivity index is 2.02. The van der Waals surface area contributed by atoms with Gasteiger partial charge in [0.15, 0.2) is 5.79 Å². The van der Waals surface area contributed by atoms with Gasteiger partial charge in [-0.1, -0.05) is 6.92 Å². The van der Waals surface area contributed by atoms with E-state index in [4.69, 9.17) is 14.2 Å². The van der Waals surface area contributed by atoms with Crippen LogP contribution >= 0.6 is 0 Å². The van der Waals surface area contributed by atoms with Crippen LogP contribution in [0.25, 0.3) is 0 Å². The molecule has 2 fully saturated rings. The molecule has 2 rings (SSSR count). The van der Waals surface area contributed by atoms with Crippen LogP contribution in [-0.2, 0) is 19.0 Å². The van der Waals surface area contributed by atoms with Crippen molar-refractivity contribution in [2.24, 2.45) is 5.92 Å². The number of nitrogens with one attached hydrogen (secondary N) is 1. The lowest BCUT2D eigenvalue weighted by Gasteiger charge is -2.40. The first kappa shape index (κ1) is 14.8. The maximum absolute atomic E-state index is 12.1. The van der Waals surface area contributed by atoms with Crippen LogP contribution in [0.2, 0.25) is 0 Å². The van der Waals surface area contributed by atoms with Crippen molar-refractivity contribution < 1.29 is 19.0 Å². The summed E-state index contributed by atoms with van der Waals surface area (Å²) in [5, 5.41) is 3.46. The van der Waals surface area contributed by atoms with Crippen molar-refractivity contribution in [1.29, 1.82) is 0 Å². The Labute approximate surface area is 115 Å². The fourth-order valence-corrected chi connectivity index (χ4v) is 2.99. The minimum atomic E-state index is -0.540. The monoisotopic (exact) mass is 271 g/mol. The van der Waals surface area contributed by atoms with Crippen LogP contribution in [0.4, 0.5) is 0 Å². The van der Waals surface area contributed by atoms with Gasteiger partial charge in [0.25, 0.3) is 0 Å². The van der Waals surface area contributed by atoms with E-state index in [1.807, 2.05) is 6.92 Å². The third kappa shape index (κ3) is 3.46. The molecule has 1 N–H and O–H groups in total. The molecule has 110 valence electrons. The second-order valence-electron chi connectivity index (χ2n) is 5.27. The molecule has 2 atom stereocenters. The standard InChI is InChI=1S/C14H25NO4/c1-3-7-15-12-5-6-14(18-8-9-19-14)10-11(12)13(16)17-4-2/h11-12,15H,3-10H2,1-2H3. The van der Waals surface area contributed by atoms with Crippen molar-refractivity contribution in [1.82, 2.24) is 5.32 Å². The molecule has 1 aliphatic heterocycles. The first-order valence-corrected chi connectivity index (χ1v) is 7.38. The van der Waals surface area contributed by atoms with Crippen LogP contribution in [-0.4, -0.2) is 44.2 Å². The molecule has 0 aromatic rings. The molecule has 19 heavy (non-hydrogen) atoms. The first-order chi connectivity index (χ1) is 9.21. The van der Waals surface area contributed by atoms with Gasteiger partial charge in [-0.15, -0.1) is 0 Å². The predicted molar refractivity (Wildman–Crippen MR) is 70.7 cm³/mol. The smallest absolute Gasteiger partial charge is 0.310 e. The van der Waals surface area contributed by atoms with Gasteiger partial charge < -0.3 is 19.5 Å². The third-order valence-corrected chi connectivity index (χ3v) is 3.91. The molecule has 1 heterocycles. The van der Waals surface area contributed by atoms with Crippen molar-refractivity contribution >= 4 is 5.97 Å². The number of hydrogen-bond donors (Lipinski definition) is 1. The first-order valence-electron chi connectivity index (χ1n) is 7.38. The predicted octanol–water partition coefficient (Wildman–Crippen LogP) is 1.46. The number of carbonyl (C=O) groups excluding carboxylic acids is 1. The van der Waals surface area contributed by atoms with Crippen LogP contribution in [0, 0.1) is 5.92 Å². The second-order valence-corrected chi connectivity index (χ2v) is 5.27. The van der Waals surface area contributed by atoms with Gasteiger partial charge >= 0.3 is 5.97 Å². The van der Waals surface area contributed by atoms with E-state index >= 15 is 0 Å². The van der Waals surface area contributed by atoms with Gasteiger partial charge in [-0.2, -0.15) is 0 Å². The Bertz CT molecular complexity index is 302. The highest BCUT2D eigenvalue weighted by molar-refractivity contribution is 5.73. The van der Waals surface area contributed by atoms with Gasteiger partial charge in [-0.05, 0) is 26.3 Å². The quantitative estimate of drug-likeness (QED) is 0.767. The molecule has 0 radical (unpaired) electrons. The number of carbonyl (C=O) groups is 1. The molecular formula is C14H25NO4. The Morgan fingerprint density at radius 3 is 2.74 bits per heavy atom. The number of ether oxygens (including phenoxy) is 3. The molecule has 5 heteroatoms. The lowest BCUT2D eigenvalue weighted by molar-refractivity contribution is -0.198. The van der Waals surface area contributed by atoms with Crippen LogP contribution in [0.15, 0.2) is 0 Å². The topological polar surface area (TPSA) is 56.8 Å². The molecule has 1 spiro atoms. The highest BCUT2D eigenvalue weighted by Crippen LogP contribution is 2.39. The van der Waals surface area contributed by atoms with E-state index in [1.54, 1.807) is 0 Å². The van der Waals surface area contributed by atoms with Crippen LogP contribution in [0.3, 0.4) is 0 Å². The van der Waals surface area contributed by atoms with Crippen molar-refractivity contribution in [2.75, 3.05) is 26.4 Å². The molecular weight excluding hydrogens is 246 g/mol. The zero-order valence-corrected chi connectivity index (χ0v) is 11.9. The summed E-state index contributed by atoms with van der Waals surface area (Å²) in [7, 11) is 0. The van der Waals surface area contributed by atoms with Crippen molar-refractivity contribution in [3.63, 3.8) is 0 Å². The van der Waals surface area contributed by atoms with E-state index in [0.717, 1.165) is 25.8 Å². The summed E-state index contributed by atoms with van der Waals surface area (Å²) in [5.74, 6) is -0.838. The molecule has 1 saturated heterocycles. The molecule has 0 bridgehead atoms. The highest BCUT2D eigenvalue weighted by Gasteiger charge is 2.47. The lowest BCUT2D eigenvalue weighted by atomic mass is 9.80. The minimum absolute atomic E-state index is 0.130. The van der Waals surface area contributed by atoms with Gasteiger partial charge in [0, 0.05) is 18.9 Å². The van der Waals surface area contributed by atoms with Gasteiger partial charge in [0.1, 0.15) is 0 Å². The Morgan fingerprint density at radius 2 is 2.11 bits per heavy atom. The summed E-state index contributed by atoms with van der Waals surface area (Å²) in [5.41, 5.74) is 0. The molecule has 1 saturated carbocycles. The summed E-state index contributed by atoms with van der Waals surface area (Å²) in [6.45, 7) is 6.57. The van der Waals surface area contributed by atoms with Gasteiger partial charge in [0.05, 0.1) is 25.7 Å². The van der Waals surface area contributed by atoms with Crippen molar-refractivity contribution in [2.45, 2.75) is 51.4 Å². The van der Waals surface area contributed by atoms with Crippen LogP contribution in [0.1, 0.15) is 39.5 Å². The minimum Gasteiger partial charge on any atom is -0.466 e.